The summed E-state index contributed by atoms with van der Waals surface area (Å²) in [6.07, 6.45) is 3.96. The molecular formula is C14H21BrN2. The first kappa shape index (κ1) is 12.9. The molecule has 2 nitrogen and oxygen atoms in total. The van der Waals surface area contributed by atoms with Gasteiger partial charge in [0.15, 0.2) is 0 Å². The van der Waals surface area contributed by atoms with Gasteiger partial charge in [0.1, 0.15) is 0 Å². The summed E-state index contributed by atoms with van der Waals surface area (Å²) in [5, 5.41) is 6.96. The second kappa shape index (κ2) is 6.41. The molecule has 0 saturated carbocycles. The predicted octanol–water partition coefficient (Wildman–Crippen LogP) is 3.56. The van der Waals surface area contributed by atoms with Gasteiger partial charge in [-0.05, 0) is 69.0 Å². The van der Waals surface area contributed by atoms with Crippen molar-refractivity contribution < 1.29 is 0 Å². The molecular weight excluding hydrogens is 276 g/mol. The quantitative estimate of drug-likeness (QED) is 0.888. The van der Waals surface area contributed by atoms with Gasteiger partial charge in [-0.2, -0.15) is 0 Å². The van der Waals surface area contributed by atoms with Crippen LogP contribution in [0.1, 0.15) is 24.8 Å². The van der Waals surface area contributed by atoms with Crippen LogP contribution in [0.3, 0.4) is 0 Å². The third-order valence-corrected chi connectivity index (χ3v) is 4.01. The van der Waals surface area contributed by atoms with Gasteiger partial charge in [0.05, 0.1) is 0 Å². The Bertz CT molecular complexity index is 359. The molecule has 1 aliphatic heterocycles. The van der Waals surface area contributed by atoms with E-state index in [9.17, 15) is 0 Å². The first-order chi connectivity index (χ1) is 8.25. The van der Waals surface area contributed by atoms with E-state index in [4.69, 9.17) is 0 Å². The smallest absolute Gasteiger partial charge is 0.0370 e. The Labute approximate surface area is 112 Å². The molecule has 1 aliphatic rings. The number of benzene rings is 1. The molecule has 1 heterocycles. The molecule has 1 saturated heterocycles. The Kier molecular flexibility index (Phi) is 4.86. The predicted molar refractivity (Wildman–Crippen MR) is 77.6 cm³/mol. The zero-order valence-corrected chi connectivity index (χ0v) is 12.0. The molecule has 0 bridgehead atoms. The molecule has 1 aromatic rings. The summed E-state index contributed by atoms with van der Waals surface area (Å²) in [5.41, 5.74) is 2.58. The van der Waals surface area contributed by atoms with Gasteiger partial charge in [0.2, 0.25) is 0 Å². The van der Waals surface area contributed by atoms with Crippen molar-refractivity contribution in [2.75, 3.05) is 25.0 Å². The van der Waals surface area contributed by atoms with Crippen molar-refractivity contribution in [1.29, 1.82) is 0 Å². The van der Waals surface area contributed by atoms with Crippen molar-refractivity contribution in [3.8, 4) is 0 Å². The lowest BCUT2D eigenvalue weighted by Gasteiger charge is -2.22. The molecule has 0 amide bonds. The van der Waals surface area contributed by atoms with Crippen molar-refractivity contribution in [2.24, 2.45) is 5.92 Å². The van der Waals surface area contributed by atoms with Crippen LogP contribution in [0.5, 0.6) is 0 Å². The third kappa shape index (κ3) is 4.00. The minimum absolute atomic E-state index is 0.902. The monoisotopic (exact) mass is 296 g/mol. The number of halogens is 1. The van der Waals surface area contributed by atoms with Crippen molar-refractivity contribution in [3.63, 3.8) is 0 Å². The van der Waals surface area contributed by atoms with Gasteiger partial charge in [-0.15, -0.1) is 0 Å². The summed E-state index contributed by atoms with van der Waals surface area (Å²) in [5.74, 6) is 0.902. The summed E-state index contributed by atoms with van der Waals surface area (Å²) < 4.78 is 1.15. The number of rotatable bonds is 4. The summed E-state index contributed by atoms with van der Waals surface area (Å²) >= 11 is 3.49. The van der Waals surface area contributed by atoms with Gasteiger partial charge >= 0.3 is 0 Å². The molecule has 0 aliphatic carbocycles. The van der Waals surface area contributed by atoms with E-state index < -0.39 is 0 Å². The van der Waals surface area contributed by atoms with Crippen LogP contribution in [0.2, 0.25) is 0 Å². The van der Waals surface area contributed by atoms with Crippen molar-refractivity contribution in [1.82, 2.24) is 5.32 Å². The van der Waals surface area contributed by atoms with E-state index in [0.717, 1.165) is 16.9 Å². The van der Waals surface area contributed by atoms with Crippen molar-refractivity contribution in [2.45, 2.75) is 26.2 Å². The Morgan fingerprint density at radius 3 is 2.82 bits per heavy atom. The SMILES string of the molecule is Cc1cc(Br)ccc1NCCC1CCNCC1. The molecule has 17 heavy (non-hydrogen) atoms. The molecule has 0 unspecified atom stereocenters. The highest BCUT2D eigenvalue weighted by Crippen LogP contribution is 2.21. The fraction of sp³-hybridized carbons (Fsp3) is 0.571. The first-order valence-electron chi connectivity index (χ1n) is 6.46. The summed E-state index contributed by atoms with van der Waals surface area (Å²) in [6.45, 7) is 5.63. The zero-order valence-electron chi connectivity index (χ0n) is 10.4. The van der Waals surface area contributed by atoms with Crippen LogP contribution < -0.4 is 10.6 Å². The molecule has 2 rings (SSSR count). The average Bonchev–Trinajstić information content (AvgIpc) is 2.33. The van der Waals surface area contributed by atoms with Crippen LogP contribution in [0.4, 0.5) is 5.69 Å². The lowest BCUT2D eigenvalue weighted by atomic mass is 9.95. The second-order valence-electron chi connectivity index (χ2n) is 4.87. The molecule has 0 aromatic heterocycles. The van der Waals surface area contributed by atoms with Crippen LogP contribution in [0.15, 0.2) is 22.7 Å². The minimum atomic E-state index is 0.902. The molecule has 1 aromatic carbocycles. The number of hydrogen-bond donors (Lipinski definition) is 2. The highest BCUT2D eigenvalue weighted by atomic mass is 79.9. The third-order valence-electron chi connectivity index (χ3n) is 3.52. The van der Waals surface area contributed by atoms with E-state index in [1.165, 1.54) is 43.6 Å². The molecule has 94 valence electrons. The normalized spacial score (nSPS) is 17.1. The standard InChI is InChI=1S/C14H21BrN2/c1-11-10-13(15)2-3-14(11)17-9-6-12-4-7-16-8-5-12/h2-3,10,12,16-17H,4-9H2,1H3. The van der Waals surface area contributed by atoms with Gasteiger partial charge in [0, 0.05) is 16.7 Å². The highest BCUT2D eigenvalue weighted by Gasteiger charge is 2.12. The van der Waals surface area contributed by atoms with Gasteiger partial charge in [-0.1, -0.05) is 15.9 Å². The summed E-state index contributed by atoms with van der Waals surface area (Å²) in [6, 6.07) is 6.41. The van der Waals surface area contributed by atoms with E-state index in [1.54, 1.807) is 0 Å². The molecule has 1 fully saturated rings. The number of piperidine rings is 1. The Morgan fingerprint density at radius 2 is 2.12 bits per heavy atom. The minimum Gasteiger partial charge on any atom is -0.385 e. The van der Waals surface area contributed by atoms with Crippen LogP contribution in [0, 0.1) is 12.8 Å². The maximum absolute atomic E-state index is 3.55. The molecule has 2 N–H and O–H groups in total. The number of nitrogens with one attached hydrogen (secondary N) is 2. The Morgan fingerprint density at radius 1 is 1.35 bits per heavy atom. The zero-order chi connectivity index (χ0) is 12.1. The topological polar surface area (TPSA) is 24.1 Å². The number of hydrogen-bond acceptors (Lipinski definition) is 2. The Balaban J connectivity index is 1.77. The van der Waals surface area contributed by atoms with E-state index in [-0.39, 0.29) is 0 Å². The number of anilines is 1. The lowest BCUT2D eigenvalue weighted by Crippen LogP contribution is -2.28. The van der Waals surface area contributed by atoms with Gasteiger partial charge < -0.3 is 10.6 Å². The largest absolute Gasteiger partial charge is 0.385 e. The van der Waals surface area contributed by atoms with Crippen LogP contribution >= 0.6 is 15.9 Å². The van der Waals surface area contributed by atoms with E-state index in [1.807, 2.05) is 0 Å². The van der Waals surface area contributed by atoms with Gasteiger partial charge in [-0.3, -0.25) is 0 Å². The molecule has 0 spiro atoms. The van der Waals surface area contributed by atoms with E-state index in [2.05, 4.69) is 51.7 Å². The summed E-state index contributed by atoms with van der Waals surface area (Å²) in [7, 11) is 0. The Hall–Kier alpha value is -0.540. The number of aryl methyl sites for hydroxylation is 1. The highest BCUT2D eigenvalue weighted by molar-refractivity contribution is 9.10. The van der Waals surface area contributed by atoms with E-state index >= 15 is 0 Å². The molecule has 3 heteroatoms. The van der Waals surface area contributed by atoms with Crippen molar-refractivity contribution in [3.05, 3.63) is 28.2 Å². The average molecular weight is 297 g/mol. The van der Waals surface area contributed by atoms with Crippen molar-refractivity contribution >= 4 is 21.6 Å². The van der Waals surface area contributed by atoms with Crippen LogP contribution in [0.25, 0.3) is 0 Å². The molecule has 0 radical (unpaired) electrons. The lowest BCUT2D eigenvalue weighted by molar-refractivity contribution is 0.361. The molecule has 0 atom stereocenters. The summed E-state index contributed by atoms with van der Waals surface area (Å²) in [4.78, 5) is 0. The van der Waals surface area contributed by atoms with Gasteiger partial charge in [0.25, 0.3) is 0 Å². The first-order valence-corrected chi connectivity index (χ1v) is 7.26. The second-order valence-corrected chi connectivity index (χ2v) is 5.78. The maximum Gasteiger partial charge on any atom is 0.0370 e. The maximum atomic E-state index is 3.55. The fourth-order valence-electron chi connectivity index (χ4n) is 2.41. The van der Waals surface area contributed by atoms with Crippen LogP contribution in [-0.2, 0) is 0 Å². The van der Waals surface area contributed by atoms with Crippen LogP contribution in [-0.4, -0.2) is 19.6 Å². The fourth-order valence-corrected chi connectivity index (χ4v) is 2.88. The van der Waals surface area contributed by atoms with E-state index in [0.29, 0.717) is 0 Å². The van der Waals surface area contributed by atoms with Gasteiger partial charge in [-0.25, -0.2) is 0 Å².